The maximum Gasteiger partial charge on any atom is 0.341 e. The van der Waals surface area contributed by atoms with Gasteiger partial charge in [-0.15, -0.1) is 11.3 Å². The van der Waals surface area contributed by atoms with E-state index in [1.807, 2.05) is 0 Å². The molecule has 1 heterocycles. The van der Waals surface area contributed by atoms with Crippen molar-refractivity contribution in [2.24, 2.45) is 0 Å². The molecule has 10 nitrogen and oxygen atoms in total. The molecule has 1 amide bonds. The van der Waals surface area contributed by atoms with Crippen molar-refractivity contribution in [3.8, 4) is 0 Å². The number of nitro groups is 2. The van der Waals surface area contributed by atoms with Gasteiger partial charge in [0, 0.05) is 22.2 Å². The van der Waals surface area contributed by atoms with Gasteiger partial charge in [0.2, 0.25) is 0 Å². The van der Waals surface area contributed by atoms with Gasteiger partial charge in [-0.05, 0) is 13.0 Å². The van der Waals surface area contributed by atoms with E-state index in [1.54, 1.807) is 31.2 Å². The van der Waals surface area contributed by atoms with Crippen LogP contribution in [-0.2, 0) is 4.74 Å². The SMILES string of the molecule is CCOC(=O)c1c(NC(=O)c2cc([N+](=O)[O-])cc([N+](=O)[O-])c2)sc2ccccc12. The van der Waals surface area contributed by atoms with Crippen molar-refractivity contribution in [2.45, 2.75) is 6.92 Å². The molecular formula is C18H13N3O7S. The fourth-order valence-electron chi connectivity index (χ4n) is 2.65. The molecule has 0 aliphatic rings. The summed E-state index contributed by atoms with van der Waals surface area (Å²) in [5.41, 5.74) is -1.31. The van der Waals surface area contributed by atoms with Gasteiger partial charge in [-0.1, -0.05) is 18.2 Å². The van der Waals surface area contributed by atoms with Crippen molar-refractivity contribution in [1.29, 1.82) is 0 Å². The number of nitro benzene ring substituents is 2. The van der Waals surface area contributed by atoms with E-state index < -0.39 is 33.1 Å². The second-order valence-electron chi connectivity index (χ2n) is 5.73. The number of esters is 1. The molecule has 0 saturated carbocycles. The van der Waals surface area contributed by atoms with Gasteiger partial charge >= 0.3 is 5.97 Å². The van der Waals surface area contributed by atoms with Gasteiger partial charge in [0.15, 0.2) is 0 Å². The van der Waals surface area contributed by atoms with E-state index in [0.29, 0.717) is 5.39 Å². The van der Waals surface area contributed by atoms with Crippen LogP contribution < -0.4 is 5.32 Å². The molecule has 0 aliphatic carbocycles. The van der Waals surface area contributed by atoms with Gasteiger partial charge in [-0.3, -0.25) is 25.0 Å². The van der Waals surface area contributed by atoms with E-state index in [2.05, 4.69) is 5.32 Å². The Kier molecular flexibility index (Phi) is 5.50. The smallest absolute Gasteiger partial charge is 0.341 e. The third kappa shape index (κ3) is 4.04. The van der Waals surface area contributed by atoms with Crippen LogP contribution in [0.25, 0.3) is 10.1 Å². The number of nitrogens with zero attached hydrogens (tertiary/aromatic N) is 2. The van der Waals surface area contributed by atoms with Gasteiger partial charge in [-0.25, -0.2) is 4.79 Å². The average Bonchev–Trinajstić information content (AvgIpc) is 3.05. The first-order valence-corrected chi connectivity index (χ1v) is 9.07. The predicted molar refractivity (Wildman–Crippen MR) is 105 cm³/mol. The first-order valence-electron chi connectivity index (χ1n) is 8.25. The zero-order valence-electron chi connectivity index (χ0n) is 14.9. The number of amides is 1. The number of nitrogens with one attached hydrogen (secondary N) is 1. The third-order valence-electron chi connectivity index (χ3n) is 3.89. The number of rotatable bonds is 6. The molecule has 3 rings (SSSR count). The van der Waals surface area contributed by atoms with Gasteiger partial charge in [0.1, 0.15) is 10.6 Å². The van der Waals surface area contributed by atoms with Crippen molar-refractivity contribution in [1.82, 2.24) is 0 Å². The highest BCUT2D eigenvalue weighted by atomic mass is 32.1. The van der Waals surface area contributed by atoms with Crippen molar-refractivity contribution in [3.05, 3.63) is 73.8 Å². The summed E-state index contributed by atoms with van der Waals surface area (Å²) < 4.78 is 5.78. The topological polar surface area (TPSA) is 142 Å². The molecule has 2 aromatic carbocycles. The lowest BCUT2D eigenvalue weighted by atomic mass is 10.1. The number of non-ortho nitro benzene ring substituents is 2. The molecule has 0 fully saturated rings. The average molecular weight is 415 g/mol. The van der Waals surface area contributed by atoms with Crippen molar-refractivity contribution >= 4 is 49.7 Å². The molecule has 0 bridgehead atoms. The second-order valence-corrected chi connectivity index (χ2v) is 6.78. The molecule has 0 atom stereocenters. The second kappa shape index (κ2) is 8.02. The maximum absolute atomic E-state index is 12.7. The number of hydrogen-bond acceptors (Lipinski definition) is 8. The fraction of sp³-hybridized carbons (Fsp3) is 0.111. The quantitative estimate of drug-likeness (QED) is 0.362. The summed E-state index contributed by atoms with van der Waals surface area (Å²) in [6, 6.07) is 9.58. The van der Waals surface area contributed by atoms with Gasteiger partial charge in [0.05, 0.1) is 28.1 Å². The minimum atomic E-state index is -0.826. The number of ether oxygens (including phenoxy) is 1. The minimum absolute atomic E-state index is 0.132. The van der Waals surface area contributed by atoms with E-state index in [4.69, 9.17) is 4.74 Å². The van der Waals surface area contributed by atoms with E-state index in [1.165, 1.54) is 0 Å². The number of benzene rings is 2. The van der Waals surface area contributed by atoms with Gasteiger partial charge < -0.3 is 10.1 Å². The number of fused-ring (bicyclic) bond motifs is 1. The number of carbonyl (C=O) groups is 2. The Morgan fingerprint density at radius 2 is 1.69 bits per heavy atom. The Morgan fingerprint density at radius 1 is 1.07 bits per heavy atom. The monoisotopic (exact) mass is 415 g/mol. The minimum Gasteiger partial charge on any atom is -0.462 e. The Labute approximate surface area is 167 Å². The molecule has 0 unspecified atom stereocenters. The van der Waals surface area contributed by atoms with Crippen LogP contribution in [0.15, 0.2) is 42.5 Å². The Bertz CT molecular complexity index is 1120. The van der Waals surface area contributed by atoms with Crippen molar-refractivity contribution < 1.29 is 24.2 Å². The highest BCUT2D eigenvalue weighted by molar-refractivity contribution is 7.23. The number of anilines is 1. The Morgan fingerprint density at radius 3 is 2.28 bits per heavy atom. The molecule has 0 radical (unpaired) electrons. The Hall–Kier alpha value is -3.86. The molecule has 29 heavy (non-hydrogen) atoms. The fourth-order valence-corrected chi connectivity index (χ4v) is 3.74. The van der Waals surface area contributed by atoms with E-state index in [0.717, 1.165) is 34.2 Å². The predicted octanol–water partition coefficient (Wildman–Crippen LogP) is 4.15. The molecule has 1 N–H and O–H groups in total. The van der Waals surface area contributed by atoms with E-state index in [9.17, 15) is 29.8 Å². The highest BCUT2D eigenvalue weighted by Crippen LogP contribution is 2.36. The van der Waals surface area contributed by atoms with Crippen molar-refractivity contribution in [2.75, 3.05) is 11.9 Å². The van der Waals surface area contributed by atoms with Crippen LogP contribution >= 0.6 is 11.3 Å². The summed E-state index contributed by atoms with van der Waals surface area (Å²) in [6.07, 6.45) is 0. The third-order valence-corrected chi connectivity index (χ3v) is 4.97. The Balaban J connectivity index is 2.04. The highest BCUT2D eigenvalue weighted by Gasteiger charge is 2.24. The van der Waals surface area contributed by atoms with Crippen LogP contribution in [0, 0.1) is 20.2 Å². The summed E-state index contributed by atoms with van der Waals surface area (Å²) in [5, 5.41) is 25.4. The lowest BCUT2D eigenvalue weighted by Crippen LogP contribution is -2.15. The molecular weight excluding hydrogens is 402 g/mol. The van der Waals surface area contributed by atoms with Crippen LogP contribution in [0.3, 0.4) is 0 Å². The zero-order chi connectivity index (χ0) is 21.1. The van der Waals surface area contributed by atoms with Gasteiger partial charge in [-0.2, -0.15) is 0 Å². The van der Waals surface area contributed by atoms with Gasteiger partial charge in [0.25, 0.3) is 17.3 Å². The van der Waals surface area contributed by atoms with E-state index in [-0.39, 0.29) is 22.7 Å². The number of thiophene rings is 1. The van der Waals surface area contributed by atoms with Crippen LogP contribution in [0.1, 0.15) is 27.6 Å². The standard InChI is InChI=1S/C18H13N3O7S/c1-2-28-18(23)15-13-5-3-4-6-14(13)29-17(15)19-16(22)10-7-11(20(24)25)9-12(8-10)21(26)27/h3-9H,2H2,1H3,(H,19,22). The van der Waals surface area contributed by atoms with Crippen molar-refractivity contribution in [3.63, 3.8) is 0 Å². The summed E-state index contributed by atoms with van der Waals surface area (Å²) in [7, 11) is 0. The lowest BCUT2D eigenvalue weighted by Gasteiger charge is -2.07. The number of hydrogen-bond donors (Lipinski definition) is 1. The molecule has 1 aromatic heterocycles. The first-order chi connectivity index (χ1) is 13.8. The molecule has 0 aliphatic heterocycles. The largest absolute Gasteiger partial charge is 0.462 e. The molecule has 0 spiro atoms. The van der Waals surface area contributed by atoms with Crippen LogP contribution in [0.2, 0.25) is 0 Å². The molecule has 11 heteroatoms. The summed E-state index contributed by atoms with van der Waals surface area (Å²) in [4.78, 5) is 45.5. The normalized spacial score (nSPS) is 10.5. The molecule has 148 valence electrons. The summed E-state index contributed by atoms with van der Waals surface area (Å²) >= 11 is 1.12. The molecule has 3 aromatic rings. The van der Waals surface area contributed by atoms with Crippen LogP contribution in [-0.4, -0.2) is 28.3 Å². The van der Waals surface area contributed by atoms with Crippen LogP contribution in [0.5, 0.6) is 0 Å². The summed E-state index contributed by atoms with van der Waals surface area (Å²) in [5.74, 6) is -1.46. The van der Waals surface area contributed by atoms with E-state index >= 15 is 0 Å². The lowest BCUT2D eigenvalue weighted by molar-refractivity contribution is -0.394. The molecule has 0 saturated heterocycles. The zero-order valence-corrected chi connectivity index (χ0v) is 15.7. The van der Waals surface area contributed by atoms with Crippen LogP contribution in [0.4, 0.5) is 16.4 Å². The maximum atomic E-state index is 12.7. The summed E-state index contributed by atoms with van der Waals surface area (Å²) in [6.45, 7) is 1.78. The first kappa shape index (κ1) is 19.9. The number of carbonyl (C=O) groups excluding carboxylic acids is 2.